The van der Waals surface area contributed by atoms with Crippen molar-refractivity contribution in [1.29, 1.82) is 0 Å². The number of benzene rings is 8. The molecule has 15 heteroatoms. The lowest BCUT2D eigenvalue weighted by Crippen LogP contribution is -2.27. The summed E-state index contributed by atoms with van der Waals surface area (Å²) >= 11 is 0. The fourth-order valence-corrected chi connectivity index (χ4v) is 10.2. The number of aromatic hydroxyl groups is 1. The molecule has 0 bridgehead atoms. The number of aromatic nitrogens is 4. The van der Waals surface area contributed by atoms with Crippen LogP contribution in [0.2, 0.25) is 0 Å². The van der Waals surface area contributed by atoms with Crippen LogP contribution in [0, 0.1) is 11.6 Å². The van der Waals surface area contributed by atoms with Crippen LogP contribution in [-0.2, 0) is 32.7 Å². The van der Waals surface area contributed by atoms with E-state index in [9.17, 15) is 28.6 Å². The van der Waals surface area contributed by atoms with Gasteiger partial charge in [0.15, 0.2) is 29.2 Å². The number of hydrogen-bond acceptors (Lipinski definition) is 9. The molecule has 0 fully saturated rings. The second-order valence-corrected chi connectivity index (χ2v) is 18.5. The van der Waals surface area contributed by atoms with Crippen LogP contribution < -0.4 is 14.2 Å². The molecule has 76 heavy (non-hydrogen) atoms. The van der Waals surface area contributed by atoms with Gasteiger partial charge in [0.2, 0.25) is 0 Å². The largest absolute Gasteiger partial charge is 0.505 e. The van der Waals surface area contributed by atoms with Gasteiger partial charge in [0.25, 0.3) is 11.8 Å². The normalized spacial score (nSPS) is 13.8. The summed E-state index contributed by atoms with van der Waals surface area (Å²) in [7, 11) is 3.07. The first-order valence-electron chi connectivity index (χ1n) is 24.6. The van der Waals surface area contributed by atoms with E-state index in [-0.39, 0.29) is 53.3 Å². The Kier molecular flexibility index (Phi) is 13.4. The number of rotatable bonds is 14. The first-order valence-corrected chi connectivity index (χ1v) is 24.6. The Bertz CT molecular complexity index is 3690. The van der Waals surface area contributed by atoms with Crippen LogP contribution in [0.4, 0.5) is 8.78 Å². The second kappa shape index (κ2) is 20.9. The maximum Gasteiger partial charge on any atom is 0.260 e. The van der Waals surface area contributed by atoms with Crippen molar-refractivity contribution in [2.45, 2.75) is 45.1 Å². The van der Waals surface area contributed by atoms with E-state index >= 15 is 0 Å². The predicted octanol–water partition coefficient (Wildman–Crippen LogP) is 11.1. The molecule has 10 aromatic rings. The molecule has 13 nitrogen and oxygen atoms in total. The van der Waals surface area contributed by atoms with Crippen LogP contribution in [0.5, 0.6) is 23.0 Å². The summed E-state index contributed by atoms with van der Waals surface area (Å²) in [6.45, 7) is 1.68. The van der Waals surface area contributed by atoms with Gasteiger partial charge in [-0.1, -0.05) is 146 Å². The molecule has 1 atom stereocenters. The number of ether oxygens (including phenoxy) is 3. The smallest absolute Gasteiger partial charge is 0.260 e. The first kappa shape index (κ1) is 48.9. The molecule has 2 amide bonds. The summed E-state index contributed by atoms with van der Waals surface area (Å²) in [5, 5.41) is 22.7. The van der Waals surface area contributed by atoms with Crippen molar-refractivity contribution in [1.82, 2.24) is 28.9 Å². The minimum atomic E-state index is -1.34. The van der Waals surface area contributed by atoms with Crippen molar-refractivity contribution < 1.29 is 42.8 Å². The maximum atomic E-state index is 14.3. The Labute approximate surface area is 436 Å². The zero-order valence-corrected chi connectivity index (χ0v) is 41.4. The predicted molar refractivity (Wildman–Crippen MR) is 282 cm³/mol. The highest BCUT2D eigenvalue weighted by Gasteiger charge is 2.44. The summed E-state index contributed by atoms with van der Waals surface area (Å²) in [4.78, 5) is 39.5. The van der Waals surface area contributed by atoms with Crippen LogP contribution in [0.25, 0.3) is 22.1 Å². The number of phenolic OH excluding ortho intramolecular Hbond substituents is 1. The molecule has 2 aliphatic rings. The van der Waals surface area contributed by atoms with Crippen molar-refractivity contribution in [2.24, 2.45) is 0 Å². The third kappa shape index (κ3) is 9.21. The van der Waals surface area contributed by atoms with Gasteiger partial charge in [0.1, 0.15) is 39.8 Å². The van der Waals surface area contributed by atoms with Crippen molar-refractivity contribution in [3.05, 3.63) is 250 Å². The third-order valence-corrected chi connectivity index (χ3v) is 13.8. The molecule has 380 valence electrons. The van der Waals surface area contributed by atoms with E-state index < -0.39 is 18.2 Å². The maximum absolute atomic E-state index is 14.3. The molecule has 1 unspecified atom stereocenters. The van der Waals surface area contributed by atoms with Gasteiger partial charge in [0.05, 0.1) is 50.1 Å². The zero-order valence-electron chi connectivity index (χ0n) is 41.4. The molecule has 0 saturated carbocycles. The third-order valence-electron chi connectivity index (χ3n) is 13.8. The van der Waals surface area contributed by atoms with E-state index in [0.29, 0.717) is 69.9 Å². The number of aliphatic hydroxyl groups is 1. The lowest BCUT2D eigenvalue weighted by molar-refractivity contribution is 0.0129. The van der Waals surface area contributed by atoms with E-state index in [4.69, 9.17) is 19.2 Å². The van der Waals surface area contributed by atoms with Gasteiger partial charge in [-0.05, 0) is 57.6 Å². The Morgan fingerprint density at radius 3 is 1.53 bits per heavy atom. The molecule has 0 aliphatic carbocycles. The molecule has 12 rings (SSSR count). The van der Waals surface area contributed by atoms with E-state index in [1.807, 2.05) is 130 Å². The fraction of sp³-hybridized carbons (Fsp3) is 0.148. The monoisotopic (exact) mass is 1020 g/mol. The molecular formula is C61H50F2N6O7. The molecule has 2 aromatic heterocycles. The summed E-state index contributed by atoms with van der Waals surface area (Å²) in [5.74, 6) is -0.435. The minimum absolute atomic E-state index is 0.0556. The summed E-state index contributed by atoms with van der Waals surface area (Å²) in [6, 6.07) is 51.3. The van der Waals surface area contributed by atoms with Crippen molar-refractivity contribution in [2.75, 3.05) is 14.2 Å². The molecule has 0 saturated heterocycles. The second-order valence-electron chi connectivity index (χ2n) is 18.5. The molecule has 0 radical (unpaired) electrons. The van der Waals surface area contributed by atoms with Crippen LogP contribution >= 0.6 is 0 Å². The van der Waals surface area contributed by atoms with Crippen molar-refractivity contribution >= 4 is 33.9 Å². The van der Waals surface area contributed by atoms with Crippen molar-refractivity contribution in [3.8, 4) is 23.0 Å². The first-order chi connectivity index (χ1) is 37.1. The van der Waals surface area contributed by atoms with Gasteiger partial charge in [-0.2, -0.15) is 0 Å². The molecule has 2 N–H and O–H groups in total. The SMILES string of the molecule is COc1c2c(c(O)c3ncn(Cc4ccccc4)c13)C(=O)N(Cc1ccc(F)cc1)C2.COc1c2c(c(OC(c3ccccc3)c3ccccc3)c3ncn(Cc4ccccc4)c13)C(=O)N(Cc1ccc(F)cc1)C2O. The standard InChI is InChI=1S/C37H30FN3O4.C24H20FN3O3/c1-44-35-30-29(36(42)41(37(30)43)22-25-17-19-28(38)20-18-25)34(31-32(35)40(23-39-31)21-24-11-5-2-6-12-24)45-33(26-13-7-3-8-14-26)27-15-9-4-10-16-27;1-31-23-18-13-27(11-16-7-9-17(25)10-8-16)24(30)19(18)22(29)20-21(23)28(14-26-20)12-15-5-3-2-4-6-15/h2-20,23,33,37,43H,21-22H2,1H3;2-10,14,29H,11-13H2,1H3. The summed E-state index contributed by atoms with van der Waals surface area (Å²) in [5.41, 5.74) is 8.76. The topological polar surface area (TPSA) is 144 Å². The van der Waals surface area contributed by atoms with E-state index in [1.54, 1.807) is 48.9 Å². The Morgan fingerprint density at radius 2 is 1.01 bits per heavy atom. The molecule has 0 spiro atoms. The quantitative estimate of drug-likeness (QED) is 0.109. The number of nitrogens with zero attached hydrogens (tertiary/aromatic N) is 6. The van der Waals surface area contributed by atoms with Crippen LogP contribution in [0.3, 0.4) is 0 Å². The molecule has 2 aliphatic heterocycles. The van der Waals surface area contributed by atoms with E-state index in [1.165, 1.54) is 36.3 Å². The van der Waals surface area contributed by atoms with Gasteiger partial charge in [-0.25, -0.2) is 18.7 Å². The van der Waals surface area contributed by atoms with Gasteiger partial charge in [-0.3, -0.25) is 9.59 Å². The highest BCUT2D eigenvalue weighted by molar-refractivity contribution is 6.09. The lowest BCUT2D eigenvalue weighted by atomic mass is 10.00. The number of fused-ring (bicyclic) bond motifs is 4. The van der Waals surface area contributed by atoms with Gasteiger partial charge in [0, 0.05) is 31.7 Å². The molecular weight excluding hydrogens is 967 g/mol. The summed E-state index contributed by atoms with van der Waals surface area (Å²) < 4.78 is 49.3. The number of imidazole rings is 2. The van der Waals surface area contributed by atoms with Gasteiger partial charge in [-0.15, -0.1) is 0 Å². The lowest BCUT2D eigenvalue weighted by Gasteiger charge is -2.23. The zero-order chi connectivity index (χ0) is 52.5. The average Bonchev–Trinajstić information content (AvgIpc) is 4.37. The Morgan fingerprint density at radius 1 is 0.553 bits per heavy atom. The average molecular weight is 1020 g/mol. The number of carbonyl (C=O) groups is 2. The Balaban J connectivity index is 0.000000174. The number of methoxy groups -OCH3 is 2. The van der Waals surface area contributed by atoms with E-state index in [2.05, 4.69) is 4.98 Å². The number of hydrogen-bond donors (Lipinski definition) is 2. The van der Waals surface area contributed by atoms with E-state index in [0.717, 1.165) is 27.8 Å². The highest BCUT2D eigenvalue weighted by atomic mass is 19.1. The number of aliphatic hydroxyl groups excluding tert-OH is 1. The van der Waals surface area contributed by atoms with Gasteiger partial charge >= 0.3 is 0 Å². The minimum Gasteiger partial charge on any atom is -0.505 e. The highest BCUT2D eigenvalue weighted by Crippen LogP contribution is 2.50. The van der Waals surface area contributed by atoms with Crippen LogP contribution in [0.15, 0.2) is 183 Å². The number of carbonyl (C=O) groups excluding carboxylic acids is 2. The van der Waals surface area contributed by atoms with Crippen molar-refractivity contribution in [3.63, 3.8) is 0 Å². The number of halogens is 2. The number of amides is 2. The molecule has 8 aromatic carbocycles. The van der Waals surface area contributed by atoms with Gasteiger partial charge < -0.3 is 43.4 Å². The Hall–Kier alpha value is -9.34. The fourth-order valence-electron chi connectivity index (χ4n) is 10.2. The van der Waals surface area contributed by atoms with Crippen LogP contribution in [-0.4, -0.2) is 65.1 Å². The molecule has 4 heterocycles. The number of phenols is 1. The summed E-state index contributed by atoms with van der Waals surface area (Å²) in [6.07, 6.45) is 1.43. The van der Waals surface area contributed by atoms with Crippen LogP contribution in [0.1, 0.15) is 77.6 Å².